The average molecular weight is 140 g/mol. The van der Waals surface area contributed by atoms with E-state index >= 15 is 0 Å². The molecule has 0 aromatic heterocycles. The van der Waals surface area contributed by atoms with Crippen molar-refractivity contribution in [2.24, 2.45) is 0 Å². The van der Waals surface area contributed by atoms with E-state index in [4.69, 9.17) is 0 Å². The largest absolute Gasteiger partial charge is 1.00 e. The maximum Gasteiger partial charge on any atom is 1.00 e. The summed E-state index contributed by atoms with van der Waals surface area (Å²) < 4.78 is 4.64. The van der Waals surface area contributed by atoms with Crippen LogP contribution in [0.1, 0.15) is 28.1 Å². The second-order valence-corrected chi connectivity index (χ2v) is 1.69. The molecule has 50 valence electrons. The molecule has 0 amide bonds. The zero-order valence-electron chi connectivity index (χ0n) is 7.44. The van der Waals surface area contributed by atoms with Crippen molar-refractivity contribution in [3.8, 4) is 0 Å². The molecule has 0 saturated carbocycles. The number of ether oxygens (including phenoxy) is 1. The first kappa shape index (κ1) is 12.2. The van der Waals surface area contributed by atoms with Crippen molar-refractivity contribution in [3.63, 3.8) is 0 Å². The normalized spacial score (nSPS) is 7.78. The molecule has 0 unspecified atom stereocenters. The smallest absolute Gasteiger partial charge is 1.00 e. The van der Waals surface area contributed by atoms with Crippen LogP contribution in [0.25, 0.3) is 0 Å². The van der Waals surface area contributed by atoms with Crippen LogP contribution >= 0.6 is 0 Å². The summed E-state index contributed by atoms with van der Waals surface area (Å²) in [4.78, 5) is 10.1. The Morgan fingerprint density at radius 1 is 1.67 bits per heavy atom. The van der Waals surface area contributed by atoms with Crippen LogP contribution in [0.4, 0.5) is 0 Å². The predicted octanol–water partition coefficient (Wildman–Crippen LogP) is -1.53. The first-order valence-corrected chi connectivity index (χ1v) is 2.90. The van der Waals surface area contributed by atoms with Gasteiger partial charge < -0.3 is 6.16 Å². The van der Waals surface area contributed by atoms with Gasteiger partial charge in [0, 0.05) is 6.92 Å². The molecular formula is C6H13NaO2. The topological polar surface area (TPSA) is 26.3 Å². The van der Waals surface area contributed by atoms with Gasteiger partial charge in [-0.15, -0.1) is 0 Å². The number of rotatable bonds is 3. The third kappa shape index (κ3) is 11.8. The average Bonchev–Trinajstić information content (AvgIpc) is 1.66. The molecule has 9 heavy (non-hydrogen) atoms. The van der Waals surface area contributed by atoms with E-state index in [2.05, 4.69) is 11.7 Å². The number of esters is 1. The van der Waals surface area contributed by atoms with E-state index in [1.165, 1.54) is 6.92 Å². The van der Waals surface area contributed by atoms with Crippen molar-refractivity contribution in [2.45, 2.75) is 26.7 Å². The minimum Gasteiger partial charge on any atom is -1.00 e. The first-order chi connectivity index (χ1) is 3.77. The Balaban J connectivity index is -0.000000245. The van der Waals surface area contributed by atoms with Crippen LogP contribution in [0.15, 0.2) is 0 Å². The quantitative estimate of drug-likeness (QED) is 0.270. The summed E-state index contributed by atoms with van der Waals surface area (Å²) in [7, 11) is 0. The van der Waals surface area contributed by atoms with Crippen molar-refractivity contribution in [1.82, 2.24) is 0 Å². The fourth-order valence-electron chi connectivity index (χ4n) is 0.360. The van der Waals surface area contributed by atoms with E-state index in [9.17, 15) is 4.79 Å². The maximum atomic E-state index is 10.1. The van der Waals surface area contributed by atoms with Crippen LogP contribution in [-0.2, 0) is 9.53 Å². The number of carbonyl (C=O) groups excluding carboxylic acids is 1. The van der Waals surface area contributed by atoms with Gasteiger partial charge in [-0.25, -0.2) is 0 Å². The molecule has 0 atom stereocenters. The Morgan fingerprint density at radius 3 is 2.56 bits per heavy atom. The van der Waals surface area contributed by atoms with E-state index in [0.29, 0.717) is 6.61 Å². The number of hydrogen-bond donors (Lipinski definition) is 0. The molecule has 0 spiro atoms. The van der Waals surface area contributed by atoms with E-state index < -0.39 is 0 Å². The molecule has 0 aromatic carbocycles. The van der Waals surface area contributed by atoms with Crippen LogP contribution in [0.2, 0.25) is 0 Å². The summed E-state index contributed by atoms with van der Waals surface area (Å²) >= 11 is 0. The molecule has 0 bridgehead atoms. The maximum absolute atomic E-state index is 10.1. The van der Waals surface area contributed by atoms with Crippen LogP contribution in [0.3, 0.4) is 0 Å². The first-order valence-electron chi connectivity index (χ1n) is 2.90. The second-order valence-electron chi connectivity index (χ2n) is 1.69. The van der Waals surface area contributed by atoms with Gasteiger partial charge in [-0.05, 0) is 6.42 Å². The van der Waals surface area contributed by atoms with E-state index in [1.807, 2.05) is 0 Å². The number of carbonyl (C=O) groups is 1. The number of hydrogen-bond acceptors (Lipinski definition) is 2. The summed E-state index contributed by atoms with van der Waals surface area (Å²) in [5.41, 5.74) is 0. The predicted molar refractivity (Wildman–Crippen MR) is 32.7 cm³/mol. The molecule has 0 radical (unpaired) electrons. The molecule has 0 aliphatic rings. The van der Waals surface area contributed by atoms with E-state index in [1.54, 1.807) is 0 Å². The van der Waals surface area contributed by atoms with Crippen molar-refractivity contribution < 1.29 is 40.5 Å². The van der Waals surface area contributed by atoms with Crippen molar-refractivity contribution in [2.75, 3.05) is 6.61 Å². The zero-order chi connectivity index (χ0) is 6.41. The van der Waals surface area contributed by atoms with Gasteiger partial charge in [-0.2, -0.15) is 0 Å². The third-order valence-corrected chi connectivity index (χ3v) is 0.803. The van der Waals surface area contributed by atoms with Gasteiger partial charge in [0.2, 0.25) is 0 Å². The van der Waals surface area contributed by atoms with Gasteiger partial charge in [0.1, 0.15) is 0 Å². The minimum absolute atomic E-state index is 0. The van der Waals surface area contributed by atoms with Crippen molar-refractivity contribution in [3.05, 3.63) is 0 Å². The minimum atomic E-state index is -0.182. The Hall–Kier alpha value is 0.470. The molecule has 0 saturated heterocycles. The van der Waals surface area contributed by atoms with Gasteiger partial charge in [0.15, 0.2) is 0 Å². The van der Waals surface area contributed by atoms with Gasteiger partial charge in [0.25, 0.3) is 0 Å². The molecule has 0 fully saturated rings. The Morgan fingerprint density at radius 2 is 2.22 bits per heavy atom. The van der Waals surface area contributed by atoms with Gasteiger partial charge in [-0.1, -0.05) is 13.3 Å². The molecule has 0 aliphatic carbocycles. The number of unbranched alkanes of at least 4 members (excludes halogenated alkanes) is 1. The molecular weight excluding hydrogens is 127 g/mol. The van der Waals surface area contributed by atoms with Crippen molar-refractivity contribution in [1.29, 1.82) is 0 Å². The monoisotopic (exact) mass is 140 g/mol. The Bertz CT molecular complexity index is 78.1. The van der Waals surface area contributed by atoms with Gasteiger partial charge in [-0.3, -0.25) is 4.79 Å². The molecule has 0 aromatic rings. The summed E-state index contributed by atoms with van der Waals surface area (Å²) in [6.07, 6.45) is 2.05. The van der Waals surface area contributed by atoms with E-state index in [0.717, 1.165) is 12.8 Å². The molecule has 0 N–H and O–H groups in total. The zero-order valence-corrected chi connectivity index (χ0v) is 8.44. The van der Waals surface area contributed by atoms with Crippen LogP contribution in [0.5, 0.6) is 0 Å². The Kier molecular flexibility index (Phi) is 11.5. The van der Waals surface area contributed by atoms with Gasteiger partial charge >= 0.3 is 35.5 Å². The molecule has 0 rings (SSSR count). The van der Waals surface area contributed by atoms with Crippen LogP contribution in [-0.4, -0.2) is 12.6 Å². The fourth-order valence-corrected chi connectivity index (χ4v) is 0.360. The molecule has 2 nitrogen and oxygen atoms in total. The van der Waals surface area contributed by atoms with Gasteiger partial charge in [0.05, 0.1) is 6.61 Å². The fraction of sp³-hybridized carbons (Fsp3) is 0.833. The van der Waals surface area contributed by atoms with Crippen molar-refractivity contribution >= 4 is 5.97 Å². The standard InChI is InChI=1S/C6H12O2.Na.H/c1-3-4-5-8-6(2)7;;/h3-5H2,1-2H3;;/q;+1;-1. The van der Waals surface area contributed by atoms with Crippen LogP contribution < -0.4 is 29.6 Å². The SMILES string of the molecule is CCCCOC(C)=O.[H-].[Na+]. The molecule has 0 heterocycles. The third-order valence-electron chi connectivity index (χ3n) is 0.803. The summed E-state index contributed by atoms with van der Waals surface area (Å²) in [6, 6.07) is 0. The Labute approximate surface area is 79.7 Å². The summed E-state index contributed by atoms with van der Waals surface area (Å²) in [6.45, 7) is 4.06. The summed E-state index contributed by atoms with van der Waals surface area (Å²) in [5, 5.41) is 0. The second kappa shape index (κ2) is 8.47. The molecule has 3 heteroatoms. The molecule has 0 aliphatic heterocycles. The summed E-state index contributed by atoms with van der Waals surface area (Å²) in [5.74, 6) is -0.182. The van der Waals surface area contributed by atoms with E-state index in [-0.39, 0.29) is 37.0 Å². The van der Waals surface area contributed by atoms with Crippen LogP contribution in [0, 0.1) is 0 Å².